The van der Waals surface area contributed by atoms with E-state index in [4.69, 9.17) is 10.1 Å². The Morgan fingerprint density at radius 3 is 2.37 bits per heavy atom. The maximum absolute atomic E-state index is 13.4. The second kappa shape index (κ2) is 10.2. The van der Waals surface area contributed by atoms with E-state index < -0.39 is 17.9 Å². The monoisotopic (exact) mass is 473 g/mol. The molecule has 2 aromatic carbocycles. The van der Waals surface area contributed by atoms with Gasteiger partial charge in [-0.1, -0.05) is 42.5 Å². The first kappa shape index (κ1) is 23.6. The molecule has 2 N–H and O–H groups in total. The Morgan fingerprint density at radius 2 is 1.71 bits per heavy atom. The van der Waals surface area contributed by atoms with Crippen LogP contribution in [0.4, 0.5) is 9.18 Å². The van der Waals surface area contributed by atoms with Gasteiger partial charge < -0.3 is 10.1 Å². The number of nitrogens with one attached hydrogen (secondary N) is 2. The number of carbonyl (C=O) groups is 2. The van der Waals surface area contributed by atoms with Crippen LogP contribution in [-0.4, -0.2) is 46.7 Å². The fraction of sp³-hybridized carbons (Fsp3) is 0.154. The second-order valence-corrected chi connectivity index (χ2v) is 7.91. The van der Waals surface area contributed by atoms with Crippen LogP contribution in [0.1, 0.15) is 11.1 Å². The number of amidine groups is 1. The third kappa shape index (κ3) is 5.19. The molecule has 3 amide bonds. The molecule has 1 saturated heterocycles. The Hall–Kier alpha value is -4.53. The van der Waals surface area contributed by atoms with Gasteiger partial charge in [0.05, 0.1) is 24.9 Å². The lowest BCUT2D eigenvalue weighted by molar-refractivity contribution is -0.123. The molecular weight excluding hydrogens is 449 g/mol. The quantitative estimate of drug-likeness (QED) is 0.400. The number of imide groups is 1. The van der Waals surface area contributed by atoms with Crippen LogP contribution in [0.15, 0.2) is 78.5 Å². The Bertz CT molecular complexity index is 1290. The van der Waals surface area contributed by atoms with E-state index in [1.54, 1.807) is 43.5 Å². The molecule has 4 rings (SSSR count). The first-order valence-corrected chi connectivity index (χ1v) is 10.8. The zero-order valence-corrected chi connectivity index (χ0v) is 19.3. The van der Waals surface area contributed by atoms with Gasteiger partial charge in [0.2, 0.25) is 5.95 Å². The molecule has 8 nitrogen and oxygen atoms in total. The third-order valence-corrected chi connectivity index (χ3v) is 5.60. The summed E-state index contributed by atoms with van der Waals surface area (Å²) in [6.07, 6.45) is 1.46. The van der Waals surface area contributed by atoms with E-state index in [-0.39, 0.29) is 18.0 Å². The summed E-state index contributed by atoms with van der Waals surface area (Å²) >= 11 is 0. The number of carbonyl (C=O) groups excluding carboxylic acids is 2. The number of halogens is 1. The number of pyridine rings is 1. The highest BCUT2D eigenvalue weighted by atomic mass is 19.1. The van der Waals surface area contributed by atoms with Gasteiger partial charge in [0, 0.05) is 25.4 Å². The standard InChI is InChI=1S/C26H24FN5O3/c1-31-25(33)21(24(28)32(26(31)34)16-18-8-12-20(35-2)13-9-18)15-29-14-17-6-10-19(11-7-17)22-4-3-5-23(27)30-22/h3-13,15,28-29H,14,16H2,1-2H3/b21-15+,28-24?. The number of nitrogens with zero attached hydrogens (tertiary/aromatic N) is 3. The predicted octanol–water partition coefficient (Wildman–Crippen LogP) is 3.94. The van der Waals surface area contributed by atoms with Crippen molar-refractivity contribution >= 4 is 17.8 Å². The molecule has 3 aromatic rings. The van der Waals surface area contributed by atoms with Gasteiger partial charge in [0.1, 0.15) is 11.6 Å². The molecule has 2 heterocycles. The Balaban J connectivity index is 1.45. The Labute approximate surface area is 202 Å². The average molecular weight is 474 g/mol. The minimum atomic E-state index is -0.561. The van der Waals surface area contributed by atoms with Crippen LogP contribution in [0.25, 0.3) is 11.3 Å². The molecule has 1 fully saturated rings. The molecule has 178 valence electrons. The molecule has 0 saturated carbocycles. The van der Waals surface area contributed by atoms with Gasteiger partial charge in [0.25, 0.3) is 5.91 Å². The SMILES string of the molecule is COc1ccc(CN2C(=N)/C(=C\NCc3ccc(-c4cccc(F)n4)cc3)C(=O)N(C)C2=O)cc1. The summed E-state index contributed by atoms with van der Waals surface area (Å²) in [5.74, 6) is -0.574. The highest BCUT2D eigenvalue weighted by Crippen LogP contribution is 2.21. The molecule has 0 unspecified atom stereocenters. The van der Waals surface area contributed by atoms with E-state index in [1.165, 1.54) is 24.2 Å². The van der Waals surface area contributed by atoms with Crippen LogP contribution in [0, 0.1) is 11.4 Å². The maximum atomic E-state index is 13.4. The lowest BCUT2D eigenvalue weighted by Crippen LogP contribution is -2.54. The molecule has 35 heavy (non-hydrogen) atoms. The number of hydrogen-bond acceptors (Lipinski definition) is 6. The van der Waals surface area contributed by atoms with Crippen LogP contribution in [0.2, 0.25) is 0 Å². The fourth-order valence-corrected chi connectivity index (χ4v) is 3.61. The minimum absolute atomic E-state index is 0.0844. The van der Waals surface area contributed by atoms with E-state index >= 15 is 0 Å². The zero-order chi connectivity index (χ0) is 24.9. The van der Waals surface area contributed by atoms with Gasteiger partial charge in [0.15, 0.2) is 0 Å². The van der Waals surface area contributed by atoms with Crippen LogP contribution >= 0.6 is 0 Å². The third-order valence-electron chi connectivity index (χ3n) is 5.60. The summed E-state index contributed by atoms with van der Waals surface area (Å²) < 4.78 is 18.5. The van der Waals surface area contributed by atoms with Crippen LogP contribution < -0.4 is 10.1 Å². The summed E-state index contributed by atoms with van der Waals surface area (Å²) in [7, 11) is 2.96. The fourth-order valence-electron chi connectivity index (χ4n) is 3.61. The van der Waals surface area contributed by atoms with Crippen molar-refractivity contribution in [2.75, 3.05) is 14.2 Å². The number of rotatable bonds is 7. The summed E-state index contributed by atoms with van der Waals surface area (Å²) in [6, 6.07) is 18.6. The highest BCUT2D eigenvalue weighted by molar-refractivity contribution is 6.29. The van der Waals surface area contributed by atoms with E-state index in [0.717, 1.165) is 21.6 Å². The molecule has 1 aliphatic rings. The van der Waals surface area contributed by atoms with Crippen LogP contribution in [-0.2, 0) is 17.9 Å². The van der Waals surface area contributed by atoms with Crippen molar-refractivity contribution in [3.8, 4) is 17.0 Å². The predicted molar refractivity (Wildman–Crippen MR) is 129 cm³/mol. The number of amides is 3. The molecule has 0 atom stereocenters. The van der Waals surface area contributed by atoms with E-state index in [0.29, 0.717) is 18.0 Å². The van der Waals surface area contributed by atoms with Crippen molar-refractivity contribution in [2.24, 2.45) is 0 Å². The maximum Gasteiger partial charge on any atom is 0.332 e. The van der Waals surface area contributed by atoms with Gasteiger partial charge in [-0.25, -0.2) is 9.78 Å². The number of urea groups is 1. The topological polar surface area (TPSA) is 98.6 Å². The smallest absolute Gasteiger partial charge is 0.332 e. The average Bonchev–Trinajstić information content (AvgIpc) is 2.88. The van der Waals surface area contributed by atoms with Crippen molar-refractivity contribution in [3.63, 3.8) is 0 Å². The number of hydrogen-bond donors (Lipinski definition) is 2. The van der Waals surface area contributed by atoms with Gasteiger partial charge >= 0.3 is 6.03 Å². The number of aromatic nitrogens is 1. The van der Waals surface area contributed by atoms with Gasteiger partial charge in [-0.15, -0.1) is 0 Å². The van der Waals surface area contributed by atoms with Gasteiger partial charge in [-0.3, -0.25) is 20.0 Å². The van der Waals surface area contributed by atoms with E-state index in [9.17, 15) is 14.0 Å². The summed E-state index contributed by atoms with van der Waals surface area (Å²) in [5.41, 5.74) is 3.12. The van der Waals surface area contributed by atoms with Crippen molar-refractivity contribution < 1.29 is 18.7 Å². The van der Waals surface area contributed by atoms with Crippen molar-refractivity contribution in [1.29, 1.82) is 5.41 Å². The first-order valence-electron chi connectivity index (χ1n) is 10.8. The summed E-state index contributed by atoms with van der Waals surface area (Å²) in [6.45, 7) is 0.531. The lowest BCUT2D eigenvalue weighted by atomic mass is 10.1. The minimum Gasteiger partial charge on any atom is -0.497 e. The Morgan fingerprint density at radius 1 is 1.03 bits per heavy atom. The largest absolute Gasteiger partial charge is 0.497 e. The second-order valence-electron chi connectivity index (χ2n) is 7.91. The van der Waals surface area contributed by atoms with Crippen LogP contribution in [0.3, 0.4) is 0 Å². The van der Waals surface area contributed by atoms with E-state index in [2.05, 4.69) is 10.3 Å². The van der Waals surface area contributed by atoms with Crippen LogP contribution in [0.5, 0.6) is 5.75 Å². The molecule has 1 aliphatic heterocycles. The Kier molecular flexibility index (Phi) is 6.86. The number of likely N-dealkylation sites (N-methyl/N-ethyl adjacent to an activating group) is 1. The molecule has 1 aromatic heterocycles. The van der Waals surface area contributed by atoms with Crippen molar-refractivity contribution in [1.82, 2.24) is 20.1 Å². The lowest BCUT2D eigenvalue weighted by Gasteiger charge is -2.33. The normalized spacial score (nSPS) is 15.1. The summed E-state index contributed by atoms with van der Waals surface area (Å²) in [4.78, 5) is 31.5. The van der Waals surface area contributed by atoms with Gasteiger partial charge in [-0.2, -0.15) is 4.39 Å². The molecule has 0 aliphatic carbocycles. The highest BCUT2D eigenvalue weighted by Gasteiger charge is 2.37. The summed E-state index contributed by atoms with van der Waals surface area (Å²) in [5, 5.41) is 11.5. The number of ether oxygens (including phenoxy) is 1. The number of methoxy groups -OCH3 is 1. The van der Waals surface area contributed by atoms with E-state index in [1.807, 2.05) is 24.3 Å². The van der Waals surface area contributed by atoms with Crippen molar-refractivity contribution in [3.05, 3.63) is 95.6 Å². The molecule has 0 spiro atoms. The molecular formula is C26H24FN5O3. The molecule has 9 heteroatoms. The number of benzene rings is 2. The van der Waals surface area contributed by atoms with Crippen molar-refractivity contribution in [2.45, 2.75) is 13.1 Å². The zero-order valence-electron chi connectivity index (χ0n) is 19.3. The van der Waals surface area contributed by atoms with Gasteiger partial charge in [-0.05, 0) is 35.4 Å². The molecule has 0 bridgehead atoms. The molecule has 0 radical (unpaired) electrons. The first-order chi connectivity index (χ1) is 16.9.